The molecule has 0 spiro atoms. The van der Waals surface area contributed by atoms with Crippen molar-refractivity contribution in [3.05, 3.63) is 52.9 Å². The molecule has 26 heavy (non-hydrogen) atoms. The number of hydrogen-bond acceptors (Lipinski definition) is 4. The largest absolute Gasteiger partial charge is 0.459 e. The Morgan fingerprint density at radius 2 is 1.92 bits per heavy atom. The number of nitrogens with one attached hydrogen (secondary N) is 1. The molecule has 1 atom stereocenters. The third-order valence-corrected chi connectivity index (χ3v) is 5.18. The lowest BCUT2D eigenvalue weighted by Crippen LogP contribution is -2.44. The Kier molecular flexibility index (Phi) is 4.59. The quantitative estimate of drug-likeness (QED) is 0.878. The summed E-state index contributed by atoms with van der Waals surface area (Å²) in [5.41, 5.74) is 2.04. The fraction of sp³-hybridized carbons (Fsp3) is 0.368. The van der Waals surface area contributed by atoms with Gasteiger partial charge in [-0.15, -0.1) is 0 Å². The van der Waals surface area contributed by atoms with Gasteiger partial charge in [-0.05, 0) is 42.3 Å². The van der Waals surface area contributed by atoms with Crippen molar-refractivity contribution >= 4 is 29.1 Å². The summed E-state index contributed by atoms with van der Waals surface area (Å²) >= 11 is 6.04. The molecule has 0 radical (unpaired) electrons. The molecular weight excluding hydrogens is 354 g/mol. The number of benzene rings is 1. The maximum Gasteiger partial charge on any atom is 0.289 e. The van der Waals surface area contributed by atoms with E-state index in [-0.39, 0.29) is 17.9 Å². The van der Waals surface area contributed by atoms with Gasteiger partial charge in [-0.25, -0.2) is 0 Å². The van der Waals surface area contributed by atoms with Gasteiger partial charge in [-0.1, -0.05) is 11.6 Å². The molecule has 136 valence electrons. The second-order valence-electron chi connectivity index (χ2n) is 6.65. The maximum absolute atomic E-state index is 12.9. The SMILES string of the molecule is O=C(c1ccco1)N1CCCN(C(=O)C2Cc3cc(Cl)ccc3N2)CC1. The van der Waals surface area contributed by atoms with Crippen LogP contribution in [0.3, 0.4) is 0 Å². The molecule has 7 heteroatoms. The van der Waals surface area contributed by atoms with Crippen LogP contribution in [0.2, 0.25) is 5.02 Å². The molecule has 4 rings (SSSR count). The molecule has 2 aromatic rings. The molecule has 1 N–H and O–H groups in total. The Hall–Kier alpha value is -2.47. The molecular formula is C19H20ClN3O3. The second kappa shape index (κ2) is 7.03. The smallest absolute Gasteiger partial charge is 0.289 e. The fourth-order valence-corrected chi connectivity index (χ4v) is 3.79. The average molecular weight is 374 g/mol. The van der Waals surface area contributed by atoms with Crippen LogP contribution < -0.4 is 5.32 Å². The molecule has 2 aliphatic heterocycles. The van der Waals surface area contributed by atoms with E-state index in [0.29, 0.717) is 43.4 Å². The minimum absolute atomic E-state index is 0.0737. The molecule has 6 nitrogen and oxygen atoms in total. The van der Waals surface area contributed by atoms with Crippen LogP contribution in [0, 0.1) is 0 Å². The molecule has 1 aromatic carbocycles. The van der Waals surface area contributed by atoms with Crippen LogP contribution in [-0.2, 0) is 11.2 Å². The minimum Gasteiger partial charge on any atom is -0.459 e. The van der Waals surface area contributed by atoms with Gasteiger partial charge in [0.25, 0.3) is 5.91 Å². The molecule has 2 aliphatic rings. The number of fused-ring (bicyclic) bond motifs is 1. The Labute approximate surface area is 156 Å². The van der Waals surface area contributed by atoms with Gasteiger partial charge in [0.2, 0.25) is 5.91 Å². The molecule has 3 heterocycles. The Balaban J connectivity index is 1.39. The number of carbonyl (C=O) groups excluding carboxylic acids is 2. The molecule has 0 bridgehead atoms. The van der Waals surface area contributed by atoms with Gasteiger partial charge in [-0.3, -0.25) is 9.59 Å². The van der Waals surface area contributed by atoms with E-state index in [1.807, 2.05) is 23.1 Å². The first-order valence-electron chi connectivity index (χ1n) is 8.78. The van der Waals surface area contributed by atoms with Gasteiger partial charge in [0, 0.05) is 43.3 Å². The van der Waals surface area contributed by atoms with Gasteiger partial charge in [0.05, 0.1) is 6.26 Å². The van der Waals surface area contributed by atoms with E-state index >= 15 is 0 Å². The summed E-state index contributed by atoms with van der Waals surface area (Å²) in [6.45, 7) is 2.31. The Bertz CT molecular complexity index is 821. The fourth-order valence-electron chi connectivity index (χ4n) is 3.60. The highest BCUT2D eigenvalue weighted by Crippen LogP contribution is 2.29. The molecule has 1 saturated heterocycles. The first kappa shape index (κ1) is 17.0. The number of amides is 2. The monoisotopic (exact) mass is 373 g/mol. The lowest BCUT2D eigenvalue weighted by atomic mass is 10.1. The average Bonchev–Trinajstić information content (AvgIpc) is 3.25. The highest BCUT2D eigenvalue weighted by Gasteiger charge is 2.32. The number of halogens is 1. The van der Waals surface area contributed by atoms with Crippen molar-refractivity contribution in [1.82, 2.24) is 9.80 Å². The van der Waals surface area contributed by atoms with Crippen molar-refractivity contribution in [3.63, 3.8) is 0 Å². The van der Waals surface area contributed by atoms with E-state index in [4.69, 9.17) is 16.0 Å². The Morgan fingerprint density at radius 3 is 2.73 bits per heavy atom. The van der Waals surface area contributed by atoms with Crippen LogP contribution in [0.4, 0.5) is 5.69 Å². The Morgan fingerprint density at radius 1 is 1.12 bits per heavy atom. The van der Waals surface area contributed by atoms with Crippen molar-refractivity contribution in [1.29, 1.82) is 0 Å². The van der Waals surface area contributed by atoms with Crippen LogP contribution in [0.5, 0.6) is 0 Å². The number of anilines is 1. The van der Waals surface area contributed by atoms with Crippen molar-refractivity contribution < 1.29 is 14.0 Å². The highest BCUT2D eigenvalue weighted by atomic mass is 35.5. The van der Waals surface area contributed by atoms with Gasteiger partial charge >= 0.3 is 0 Å². The van der Waals surface area contributed by atoms with Crippen molar-refractivity contribution in [2.45, 2.75) is 18.9 Å². The van der Waals surface area contributed by atoms with Crippen molar-refractivity contribution in [2.75, 3.05) is 31.5 Å². The zero-order valence-corrected chi connectivity index (χ0v) is 15.0. The van der Waals surface area contributed by atoms with E-state index in [2.05, 4.69) is 5.32 Å². The predicted molar refractivity (Wildman–Crippen MR) is 98.4 cm³/mol. The number of rotatable bonds is 2. The first-order valence-corrected chi connectivity index (χ1v) is 9.16. The minimum atomic E-state index is -0.268. The number of hydrogen-bond donors (Lipinski definition) is 1. The van der Waals surface area contributed by atoms with Gasteiger partial charge in [0.15, 0.2) is 5.76 Å². The summed E-state index contributed by atoms with van der Waals surface area (Å²) in [6, 6.07) is 8.75. The molecule has 0 aliphatic carbocycles. The summed E-state index contributed by atoms with van der Waals surface area (Å²) in [6.07, 6.45) is 2.89. The predicted octanol–water partition coefficient (Wildman–Crippen LogP) is 2.64. The maximum atomic E-state index is 12.9. The van der Waals surface area contributed by atoms with E-state index in [1.165, 1.54) is 6.26 Å². The summed E-state index contributed by atoms with van der Waals surface area (Å²) in [4.78, 5) is 29.0. The summed E-state index contributed by atoms with van der Waals surface area (Å²) in [7, 11) is 0. The summed E-state index contributed by atoms with van der Waals surface area (Å²) in [5.74, 6) is 0.296. The van der Waals surface area contributed by atoms with E-state index < -0.39 is 0 Å². The van der Waals surface area contributed by atoms with E-state index in [1.54, 1.807) is 17.0 Å². The van der Waals surface area contributed by atoms with Crippen LogP contribution in [0.1, 0.15) is 22.5 Å². The lowest BCUT2D eigenvalue weighted by Gasteiger charge is -2.24. The lowest BCUT2D eigenvalue weighted by molar-refractivity contribution is -0.131. The normalized spacial score (nSPS) is 19.7. The molecule has 1 unspecified atom stereocenters. The third-order valence-electron chi connectivity index (χ3n) is 4.95. The zero-order chi connectivity index (χ0) is 18.1. The van der Waals surface area contributed by atoms with Crippen LogP contribution in [-0.4, -0.2) is 53.8 Å². The van der Waals surface area contributed by atoms with Crippen LogP contribution in [0.25, 0.3) is 0 Å². The number of carbonyl (C=O) groups is 2. The topological polar surface area (TPSA) is 65.8 Å². The molecule has 2 amide bonds. The van der Waals surface area contributed by atoms with Crippen LogP contribution >= 0.6 is 11.6 Å². The number of nitrogens with zero attached hydrogens (tertiary/aromatic N) is 2. The third kappa shape index (κ3) is 3.29. The van der Waals surface area contributed by atoms with E-state index in [0.717, 1.165) is 17.7 Å². The summed E-state index contributed by atoms with van der Waals surface area (Å²) in [5, 5.41) is 3.97. The van der Waals surface area contributed by atoms with Crippen molar-refractivity contribution in [3.8, 4) is 0 Å². The molecule has 0 saturated carbocycles. The second-order valence-corrected chi connectivity index (χ2v) is 7.09. The zero-order valence-electron chi connectivity index (χ0n) is 14.3. The number of furan rings is 1. The van der Waals surface area contributed by atoms with Gasteiger partial charge in [0.1, 0.15) is 6.04 Å². The molecule has 1 aromatic heterocycles. The molecule has 1 fully saturated rings. The first-order chi connectivity index (χ1) is 12.6. The van der Waals surface area contributed by atoms with Crippen molar-refractivity contribution in [2.24, 2.45) is 0 Å². The van der Waals surface area contributed by atoms with Crippen LogP contribution in [0.15, 0.2) is 41.0 Å². The highest BCUT2D eigenvalue weighted by molar-refractivity contribution is 6.30. The van der Waals surface area contributed by atoms with Gasteiger partial charge < -0.3 is 19.5 Å². The van der Waals surface area contributed by atoms with E-state index in [9.17, 15) is 9.59 Å². The summed E-state index contributed by atoms with van der Waals surface area (Å²) < 4.78 is 5.20. The van der Waals surface area contributed by atoms with Gasteiger partial charge in [-0.2, -0.15) is 0 Å². The standard InChI is InChI=1S/C19H20ClN3O3/c20-14-4-5-15-13(11-14)12-16(21-15)18(24)22-6-2-7-23(9-8-22)19(25)17-3-1-10-26-17/h1,3-5,10-11,16,21H,2,6-9,12H2.